The molecular formula is C10H24O3S2. The summed E-state index contributed by atoms with van der Waals surface area (Å²) in [5.74, 6) is 0. The summed E-state index contributed by atoms with van der Waals surface area (Å²) < 4.78 is 24.0. The lowest BCUT2D eigenvalue weighted by Gasteiger charge is -1.97. The number of rotatable bonds is 7. The molecule has 0 amide bonds. The van der Waals surface area contributed by atoms with E-state index in [9.17, 15) is 0 Å². The molecule has 0 radical (unpaired) electrons. The zero-order valence-electron chi connectivity index (χ0n) is 9.78. The maximum atomic E-state index is 9.11. The van der Waals surface area contributed by atoms with E-state index in [1.54, 1.807) is 0 Å². The van der Waals surface area contributed by atoms with Crippen molar-refractivity contribution in [3.63, 3.8) is 0 Å². The predicted molar refractivity (Wildman–Crippen MR) is 69.0 cm³/mol. The Bertz CT molecular complexity index is 185. The lowest BCUT2D eigenvalue weighted by molar-refractivity contribution is 0.450. The van der Waals surface area contributed by atoms with Crippen LogP contribution in [0.25, 0.3) is 0 Å². The van der Waals surface area contributed by atoms with Crippen LogP contribution in [-0.2, 0) is 20.2 Å². The van der Waals surface area contributed by atoms with Crippen LogP contribution in [0.2, 0.25) is 0 Å². The Balaban J connectivity index is 0. The molecular weight excluding hydrogens is 232 g/mol. The molecule has 0 fully saturated rings. The second-order valence-corrected chi connectivity index (χ2v) is 5.77. The Hall–Kier alpha value is 0.290. The molecule has 2 N–H and O–H groups in total. The summed E-state index contributed by atoms with van der Waals surface area (Å²) in [6.07, 6.45) is 11.5. The number of hydrogen-bond acceptors (Lipinski definition) is 2. The van der Waals surface area contributed by atoms with Gasteiger partial charge < -0.3 is 0 Å². The summed E-state index contributed by atoms with van der Waals surface area (Å²) in [6.45, 7) is 4.54. The van der Waals surface area contributed by atoms with Gasteiger partial charge in [0.25, 0.3) is 9.05 Å². The highest BCUT2D eigenvalue weighted by molar-refractivity contribution is 8.26. The Morgan fingerprint density at radius 2 is 1.07 bits per heavy atom. The van der Waals surface area contributed by atoms with Gasteiger partial charge in [-0.3, -0.25) is 9.11 Å². The predicted octanol–water partition coefficient (Wildman–Crippen LogP) is 3.83. The normalized spacial score (nSPS) is 10.7. The van der Waals surface area contributed by atoms with Gasteiger partial charge in [0, 0.05) is 11.2 Å². The third-order valence-electron chi connectivity index (χ3n) is 1.96. The molecule has 0 aliphatic carbocycles. The lowest BCUT2D eigenvalue weighted by Crippen LogP contribution is -1.86. The van der Waals surface area contributed by atoms with Crippen LogP contribution in [-0.4, -0.2) is 13.3 Å². The third kappa shape index (κ3) is 40.6. The molecule has 15 heavy (non-hydrogen) atoms. The minimum absolute atomic E-state index is 1.37. The second kappa shape index (κ2) is 12.4. The van der Waals surface area contributed by atoms with E-state index in [-0.39, 0.29) is 0 Å². The lowest BCUT2D eigenvalue weighted by atomic mass is 10.1. The molecule has 0 aliphatic rings. The molecule has 0 aromatic heterocycles. The van der Waals surface area contributed by atoms with E-state index in [1.807, 2.05) is 0 Å². The molecule has 94 valence electrons. The summed E-state index contributed by atoms with van der Waals surface area (Å²) in [6, 6.07) is 0. The van der Waals surface area contributed by atoms with Crippen molar-refractivity contribution in [2.45, 2.75) is 65.2 Å². The molecule has 0 spiro atoms. The van der Waals surface area contributed by atoms with Gasteiger partial charge in [-0.1, -0.05) is 65.2 Å². The van der Waals surface area contributed by atoms with Gasteiger partial charge in [0.1, 0.15) is 0 Å². The Morgan fingerprint density at radius 3 is 1.27 bits per heavy atom. The molecule has 0 unspecified atom stereocenters. The van der Waals surface area contributed by atoms with Gasteiger partial charge in [0.2, 0.25) is 0 Å². The van der Waals surface area contributed by atoms with Gasteiger partial charge in [-0.05, 0) is 0 Å². The van der Waals surface area contributed by atoms with Crippen LogP contribution in [0.1, 0.15) is 65.2 Å². The third-order valence-corrected chi connectivity index (χ3v) is 1.96. The summed E-state index contributed by atoms with van der Waals surface area (Å²) >= 11 is 3.47. The van der Waals surface area contributed by atoms with Gasteiger partial charge >= 0.3 is 0 Å². The van der Waals surface area contributed by atoms with Crippen molar-refractivity contribution in [3.05, 3.63) is 0 Å². The molecule has 0 saturated carbocycles. The molecule has 0 heterocycles. The quantitative estimate of drug-likeness (QED) is 0.680. The number of unbranched alkanes of at least 4 members (excludes halogenated alkanes) is 7. The van der Waals surface area contributed by atoms with Crippen LogP contribution >= 0.6 is 0 Å². The van der Waals surface area contributed by atoms with Crippen molar-refractivity contribution in [1.82, 2.24) is 0 Å². The molecule has 0 rings (SSSR count). The Morgan fingerprint density at radius 1 is 0.867 bits per heavy atom. The van der Waals surface area contributed by atoms with Crippen molar-refractivity contribution >= 4 is 20.2 Å². The van der Waals surface area contributed by atoms with Gasteiger partial charge in [-0.15, -0.1) is 0 Å². The van der Waals surface area contributed by atoms with E-state index in [2.05, 4.69) is 25.0 Å². The van der Waals surface area contributed by atoms with Gasteiger partial charge in [0.05, 0.1) is 0 Å². The first-order valence-electron chi connectivity index (χ1n) is 5.61. The van der Waals surface area contributed by atoms with Crippen LogP contribution in [0, 0.1) is 0 Å². The molecule has 3 nitrogen and oxygen atoms in total. The standard InChI is InChI=1S/C10H22.H2O3S2/c1-3-5-7-9-10-8-6-4-2;1-5(2,3)4/h3-10H2,1-2H3;(H2,1,2,3,4). The van der Waals surface area contributed by atoms with Crippen LogP contribution in [0.15, 0.2) is 0 Å². The highest BCUT2D eigenvalue weighted by Gasteiger charge is 1.87. The van der Waals surface area contributed by atoms with Crippen LogP contribution < -0.4 is 0 Å². The zero-order chi connectivity index (χ0) is 12.2. The molecule has 0 aliphatic heterocycles. The first-order valence-corrected chi connectivity index (χ1v) is 8.01. The number of hydrogen-bond donors (Lipinski definition) is 2. The molecule has 0 atom stereocenters. The van der Waals surface area contributed by atoms with Gasteiger partial charge in [-0.25, -0.2) is 0 Å². The fourth-order valence-electron chi connectivity index (χ4n) is 1.21. The SMILES string of the molecule is CCCCCCCCCC.O=S(O)(O)=S. The molecule has 0 bridgehead atoms. The maximum Gasteiger partial charge on any atom is 0.263 e. The van der Waals surface area contributed by atoms with E-state index >= 15 is 0 Å². The summed E-state index contributed by atoms with van der Waals surface area (Å²) in [5.41, 5.74) is 0. The highest BCUT2D eigenvalue weighted by Crippen LogP contribution is 2.07. The summed E-state index contributed by atoms with van der Waals surface area (Å²) in [7, 11) is -3.83. The maximum absolute atomic E-state index is 9.11. The largest absolute Gasteiger partial charge is 0.285 e. The van der Waals surface area contributed by atoms with Crippen LogP contribution in [0.5, 0.6) is 0 Å². The second-order valence-electron chi connectivity index (χ2n) is 3.57. The van der Waals surface area contributed by atoms with Crippen molar-refractivity contribution in [3.8, 4) is 0 Å². The van der Waals surface area contributed by atoms with Crippen LogP contribution in [0.4, 0.5) is 0 Å². The smallest absolute Gasteiger partial charge is 0.263 e. The van der Waals surface area contributed by atoms with E-state index in [0.29, 0.717) is 0 Å². The topological polar surface area (TPSA) is 57.5 Å². The molecule has 0 aromatic rings. The van der Waals surface area contributed by atoms with Gasteiger partial charge in [-0.2, -0.15) is 4.21 Å². The van der Waals surface area contributed by atoms with E-state index in [0.717, 1.165) is 0 Å². The van der Waals surface area contributed by atoms with E-state index < -0.39 is 9.05 Å². The Labute approximate surface area is 99.0 Å². The van der Waals surface area contributed by atoms with Crippen molar-refractivity contribution in [2.24, 2.45) is 0 Å². The first-order chi connectivity index (χ1) is 6.91. The van der Waals surface area contributed by atoms with E-state index in [1.165, 1.54) is 51.4 Å². The van der Waals surface area contributed by atoms with Crippen molar-refractivity contribution in [2.75, 3.05) is 0 Å². The van der Waals surface area contributed by atoms with E-state index in [4.69, 9.17) is 13.3 Å². The fraction of sp³-hybridized carbons (Fsp3) is 1.00. The van der Waals surface area contributed by atoms with Gasteiger partial charge in [0.15, 0.2) is 0 Å². The minimum atomic E-state index is -3.83. The minimum Gasteiger partial charge on any atom is -0.285 e. The monoisotopic (exact) mass is 256 g/mol. The van der Waals surface area contributed by atoms with Crippen LogP contribution in [0.3, 0.4) is 0 Å². The molecule has 0 aromatic carbocycles. The van der Waals surface area contributed by atoms with Crippen molar-refractivity contribution in [1.29, 1.82) is 0 Å². The average molecular weight is 256 g/mol. The Kier molecular flexibility index (Phi) is 14.6. The zero-order valence-corrected chi connectivity index (χ0v) is 11.4. The van der Waals surface area contributed by atoms with Crippen molar-refractivity contribution < 1.29 is 13.3 Å². The molecule has 5 heteroatoms. The fourth-order valence-corrected chi connectivity index (χ4v) is 1.21. The highest BCUT2D eigenvalue weighted by atomic mass is 32.9. The summed E-state index contributed by atoms with van der Waals surface area (Å²) in [5, 5.41) is 0. The average Bonchev–Trinajstić information content (AvgIpc) is 2.08. The first kappa shape index (κ1) is 17.7. The summed E-state index contributed by atoms with van der Waals surface area (Å²) in [4.78, 5) is 0. The molecule has 0 saturated heterocycles.